The van der Waals surface area contributed by atoms with Gasteiger partial charge in [-0.25, -0.2) is 30.3 Å². The average molecular weight is 998 g/mol. The zero-order valence-corrected chi connectivity index (χ0v) is 40.2. The van der Waals surface area contributed by atoms with Crippen LogP contribution in [0.25, 0.3) is 0 Å². The zero-order valence-electron chi connectivity index (χ0n) is 37.7. The lowest BCUT2D eigenvalue weighted by molar-refractivity contribution is -0.0529. The van der Waals surface area contributed by atoms with Gasteiger partial charge in [-0.05, 0) is 97.7 Å². The number of ether oxygens (including phenoxy) is 1. The van der Waals surface area contributed by atoms with E-state index in [4.69, 9.17) is 4.74 Å². The Balaban J connectivity index is 1.12. The fraction of sp³-hybridized carbons (Fsp3) is 0.511. The summed E-state index contributed by atoms with van der Waals surface area (Å²) in [5.74, 6) is -0.768. The molecule has 3 aliphatic rings. The molecule has 6 rings (SSSR count). The third kappa shape index (κ3) is 14.3. The number of piperazine rings is 1. The molecule has 2 atom stereocenters. The highest BCUT2D eigenvalue weighted by molar-refractivity contribution is 7.99. The van der Waals surface area contributed by atoms with Crippen LogP contribution in [-0.4, -0.2) is 133 Å². The minimum Gasteiger partial charge on any atom is -0.394 e. The van der Waals surface area contributed by atoms with E-state index < -0.39 is 65.3 Å². The number of hydrogen-bond acceptors (Lipinski definition) is 12. The van der Waals surface area contributed by atoms with Gasteiger partial charge in [0, 0.05) is 86.7 Å². The summed E-state index contributed by atoms with van der Waals surface area (Å²) < 4.78 is 129. The summed E-state index contributed by atoms with van der Waals surface area (Å²) in [6.07, 6.45) is 0.305. The number of aliphatic hydroxyl groups is 1. The molecule has 0 bridgehead atoms. The Morgan fingerprint density at radius 3 is 2.31 bits per heavy atom. The van der Waals surface area contributed by atoms with Crippen LogP contribution < -0.4 is 14.9 Å². The van der Waals surface area contributed by atoms with Gasteiger partial charge in [0.15, 0.2) is 0 Å². The third-order valence-corrected chi connectivity index (χ3v) is 16.4. The van der Waals surface area contributed by atoms with Gasteiger partial charge in [-0.2, -0.15) is 13.2 Å². The van der Waals surface area contributed by atoms with Crippen molar-refractivity contribution >= 4 is 48.9 Å². The largest absolute Gasteiger partial charge is 0.501 e. The predicted molar refractivity (Wildman–Crippen MR) is 251 cm³/mol. The standard InChI is InChI=1S/C47H60F5N5O7S3/c1-33(9-16-44(48)49)41-28-46(2,3)19-17-35(41)29-56-21-23-57(24-22-56)37-12-10-34(11-13-37)45(59)54-67(62,63)40-14-15-42(43(27-40)66(60,61)47(50,51)52)53-36(32-65-39-7-5-4-6-8-39)18-20-55-25-26-64-38(30-55)31-58/h4-8,10-15,27,36,38,44,53,58H,1,9,16-26,28-32H2,2-3H3,(H,54,59)/t36-,38-/m1/s1. The lowest BCUT2D eigenvalue weighted by Crippen LogP contribution is -2.47. The second-order valence-corrected chi connectivity index (χ2v) is 22.7. The molecule has 67 heavy (non-hydrogen) atoms. The van der Waals surface area contributed by atoms with Crippen LogP contribution in [0.15, 0.2) is 111 Å². The van der Waals surface area contributed by atoms with Crippen LogP contribution in [0.4, 0.5) is 33.3 Å². The topological polar surface area (TPSA) is 149 Å². The van der Waals surface area contributed by atoms with E-state index in [9.17, 15) is 48.7 Å². The summed E-state index contributed by atoms with van der Waals surface area (Å²) in [6.45, 7) is 13.6. The summed E-state index contributed by atoms with van der Waals surface area (Å²) in [5.41, 5.74) is -2.29. The lowest BCUT2D eigenvalue weighted by atomic mass is 9.72. The molecule has 2 fully saturated rings. The number of anilines is 2. The maximum atomic E-state index is 14.2. The van der Waals surface area contributed by atoms with Gasteiger partial charge in [0.2, 0.25) is 6.43 Å². The summed E-state index contributed by atoms with van der Waals surface area (Å²) in [7, 11) is -11.0. The second kappa shape index (κ2) is 22.6. The molecular formula is C47H60F5N5O7S3. The van der Waals surface area contributed by atoms with Crippen molar-refractivity contribution in [3.05, 3.63) is 102 Å². The summed E-state index contributed by atoms with van der Waals surface area (Å²) in [6, 6.07) is 17.1. The van der Waals surface area contributed by atoms with Crippen LogP contribution in [0.1, 0.15) is 62.7 Å². The molecule has 0 aromatic heterocycles. The SMILES string of the molecule is C=C(CCC(F)F)C1=C(CN2CCN(c3ccc(C(=O)NS(=O)(=O)c4ccc(N[C@H](CCN5CCO[C@@H](CO)C5)CSc5ccccc5)c(S(=O)(=O)C(F)(F)F)c4)cc3)CC2)CCC(C)(C)C1. The van der Waals surface area contributed by atoms with Gasteiger partial charge in [0.05, 0.1) is 29.9 Å². The van der Waals surface area contributed by atoms with E-state index in [1.165, 1.54) is 29.5 Å². The highest BCUT2D eigenvalue weighted by atomic mass is 32.2. The Morgan fingerprint density at radius 1 is 0.955 bits per heavy atom. The van der Waals surface area contributed by atoms with Crippen LogP contribution >= 0.6 is 11.8 Å². The van der Waals surface area contributed by atoms with Gasteiger partial charge < -0.3 is 20.1 Å². The first-order valence-electron chi connectivity index (χ1n) is 22.3. The molecule has 2 heterocycles. The van der Waals surface area contributed by atoms with Gasteiger partial charge in [0.1, 0.15) is 4.90 Å². The average Bonchev–Trinajstić information content (AvgIpc) is 3.29. The molecule has 0 radical (unpaired) electrons. The van der Waals surface area contributed by atoms with Crippen LogP contribution in [0.5, 0.6) is 0 Å². The van der Waals surface area contributed by atoms with Crippen molar-refractivity contribution in [1.82, 2.24) is 14.5 Å². The first-order valence-corrected chi connectivity index (χ1v) is 26.3. The molecule has 0 spiro atoms. The molecule has 12 nitrogen and oxygen atoms in total. The Labute approximate surface area is 395 Å². The number of thioether (sulfide) groups is 1. The Morgan fingerprint density at radius 2 is 1.66 bits per heavy atom. The van der Waals surface area contributed by atoms with Crippen LogP contribution in [0, 0.1) is 5.41 Å². The third-order valence-electron chi connectivity index (χ3n) is 12.4. The molecule has 3 aromatic carbocycles. The van der Waals surface area contributed by atoms with Crippen molar-refractivity contribution < 1.29 is 53.4 Å². The number of halogens is 5. The van der Waals surface area contributed by atoms with Gasteiger partial charge in [-0.3, -0.25) is 14.6 Å². The number of hydrogen-bond donors (Lipinski definition) is 3. The lowest BCUT2D eigenvalue weighted by Gasteiger charge is -2.39. The molecule has 3 aromatic rings. The van der Waals surface area contributed by atoms with Gasteiger partial charge >= 0.3 is 5.51 Å². The van der Waals surface area contributed by atoms with Gasteiger partial charge in [-0.1, -0.05) is 49.8 Å². The number of benzene rings is 3. The number of sulfonamides is 1. The molecular weight excluding hydrogens is 938 g/mol. The smallest absolute Gasteiger partial charge is 0.394 e. The van der Waals surface area contributed by atoms with Crippen LogP contribution in [0.2, 0.25) is 0 Å². The number of carbonyl (C=O) groups is 1. The Hall–Kier alpha value is -4.05. The highest BCUT2D eigenvalue weighted by Gasteiger charge is 2.48. The molecule has 20 heteroatoms. The summed E-state index contributed by atoms with van der Waals surface area (Å²) in [5, 5.41) is 12.5. The van der Waals surface area contributed by atoms with E-state index >= 15 is 0 Å². The normalized spacial score (nSPS) is 19.4. The number of sulfone groups is 1. The minimum atomic E-state index is -6.11. The zero-order chi connectivity index (χ0) is 48.6. The van der Waals surface area contributed by atoms with Gasteiger partial charge in [-0.15, -0.1) is 11.8 Å². The van der Waals surface area contributed by atoms with Crippen molar-refractivity contribution in [3.63, 3.8) is 0 Å². The number of allylic oxidation sites excluding steroid dienone is 2. The van der Waals surface area contributed by atoms with E-state index in [1.54, 1.807) is 12.1 Å². The number of alkyl halides is 5. The second-order valence-electron chi connectivity index (χ2n) is 18.0. The molecule has 3 N–H and O–H groups in total. The van der Waals surface area contributed by atoms with E-state index in [-0.39, 0.29) is 30.4 Å². The molecule has 1 aliphatic carbocycles. The number of nitrogens with zero attached hydrogens (tertiary/aromatic N) is 3. The maximum absolute atomic E-state index is 14.2. The van der Waals surface area contributed by atoms with Crippen molar-refractivity contribution in [2.75, 3.05) is 81.5 Å². The van der Waals surface area contributed by atoms with Crippen molar-refractivity contribution in [2.45, 2.75) is 91.1 Å². The van der Waals surface area contributed by atoms with Gasteiger partial charge in [0.25, 0.3) is 25.8 Å². The van der Waals surface area contributed by atoms with Crippen LogP contribution in [-0.2, 0) is 24.6 Å². The van der Waals surface area contributed by atoms with Crippen molar-refractivity contribution in [1.29, 1.82) is 0 Å². The van der Waals surface area contributed by atoms with Crippen LogP contribution in [0.3, 0.4) is 0 Å². The highest BCUT2D eigenvalue weighted by Crippen LogP contribution is 2.43. The number of morpholine rings is 1. The van der Waals surface area contributed by atoms with Crippen molar-refractivity contribution in [3.8, 4) is 0 Å². The summed E-state index contributed by atoms with van der Waals surface area (Å²) >= 11 is 1.40. The number of aliphatic hydroxyl groups excluding tert-OH is 1. The summed E-state index contributed by atoms with van der Waals surface area (Å²) in [4.78, 5) is 18.5. The first kappa shape index (κ1) is 52.3. The number of rotatable bonds is 20. The molecule has 368 valence electrons. The number of carbonyl (C=O) groups excluding carboxylic acids is 1. The van der Waals surface area contributed by atoms with E-state index in [0.29, 0.717) is 57.6 Å². The fourth-order valence-electron chi connectivity index (χ4n) is 8.51. The number of nitrogens with one attached hydrogen (secondary N) is 2. The molecule has 2 saturated heterocycles. The minimum absolute atomic E-state index is 0.0523. The van der Waals surface area contributed by atoms with E-state index in [0.717, 1.165) is 72.8 Å². The Bertz CT molecular complexity index is 2430. The first-order chi connectivity index (χ1) is 31.6. The number of amides is 1. The molecule has 1 amide bonds. The molecule has 2 aliphatic heterocycles. The fourth-order valence-corrected chi connectivity index (χ4v) is 11.5. The van der Waals surface area contributed by atoms with Crippen molar-refractivity contribution in [2.24, 2.45) is 5.41 Å². The molecule has 0 saturated carbocycles. The van der Waals surface area contributed by atoms with E-state index in [2.05, 4.69) is 35.5 Å². The Kier molecular flexibility index (Phi) is 17.6. The molecule has 0 unspecified atom stereocenters. The van der Waals surface area contributed by atoms with E-state index in [1.807, 2.05) is 40.0 Å². The monoisotopic (exact) mass is 997 g/mol. The maximum Gasteiger partial charge on any atom is 0.501 e. The predicted octanol–water partition coefficient (Wildman–Crippen LogP) is 7.99. The quantitative estimate of drug-likeness (QED) is 0.0745.